The molecule has 1 aliphatic rings. The molecule has 1 aliphatic heterocycles. The number of hydrogen-bond acceptors (Lipinski definition) is 11. The van der Waals surface area contributed by atoms with Crippen LogP contribution in [0.5, 0.6) is 17.2 Å². The van der Waals surface area contributed by atoms with Gasteiger partial charge in [0.05, 0.1) is 29.2 Å². The summed E-state index contributed by atoms with van der Waals surface area (Å²) in [4.78, 5) is 18.2. The number of sulfone groups is 1. The molecule has 0 radical (unpaired) electrons. The molecule has 0 spiro atoms. The smallest absolute Gasteiger partial charge is 0.326 e. The maximum Gasteiger partial charge on any atom is 0.326 e. The number of rotatable bonds is 18. The van der Waals surface area contributed by atoms with Gasteiger partial charge in [-0.3, -0.25) is 15.1 Å². The molecule has 0 aliphatic carbocycles. The Hall–Kier alpha value is -4.24. The van der Waals surface area contributed by atoms with Gasteiger partial charge in [-0.1, -0.05) is 41.9 Å². The lowest BCUT2D eigenvalue weighted by Crippen LogP contribution is -2.52. The summed E-state index contributed by atoms with van der Waals surface area (Å²) in [5.41, 5.74) is 4.43. The summed E-state index contributed by atoms with van der Waals surface area (Å²) < 4.78 is 42.8. The van der Waals surface area contributed by atoms with E-state index in [9.17, 15) is 28.5 Å². The number of carboxylic acid groups (broad SMARTS) is 1. The number of likely N-dealkylation sites (tertiary alicyclic amines) is 1. The Morgan fingerprint density at radius 1 is 0.981 bits per heavy atom. The van der Waals surface area contributed by atoms with Crippen LogP contribution in [0.25, 0.3) is 11.1 Å². The quantitative estimate of drug-likeness (QED) is 0.0959. The van der Waals surface area contributed by atoms with Crippen molar-refractivity contribution in [3.8, 4) is 28.4 Å². The molecule has 1 aromatic heterocycles. The number of hydrogen-bond donors (Lipinski definition) is 4. The summed E-state index contributed by atoms with van der Waals surface area (Å²) in [5.74, 6) is 0.226. The van der Waals surface area contributed by atoms with Crippen molar-refractivity contribution in [2.45, 2.75) is 69.9 Å². The average molecular weight is 782 g/mol. The number of benzene rings is 3. The second-order valence-electron chi connectivity index (χ2n) is 13.9. The van der Waals surface area contributed by atoms with Gasteiger partial charge in [0.25, 0.3) is 0 Å². The number of halogens is 1. The Bertz CT molecular complexity index is 2060. The molecule has 4 aromatic rings. The zero-order chi connectivity index (χ0) is 39.0. The molecule has 2 unspecified atom stereocenters. The summed E-state index contributed by atoms with van der Waals surface area (Å²) in [5, 5.41) is 32.3. The molecule has 54 heavy (non-hydrogen) atoms. The largest absolute Gasteiger partial charge is 0.493 e. The monoisotopic (exact) mass is 781 g/mol. The average Bonchev–Trinajstić information content (AvgIpc) is 3.56. The minimum Gasteiger partial charge on any atom is -0.493 e. The highest BCUT2D eigenvalue weighted by atomic mass is 35.5. The fourth-order valence-corrected chi connectivity index (χ4v) is 7.05. The van der Waals surface area contributed by atoms with Crippen molar-refractivity contribution in [1.29, 1.82) is 0 Å². The molecule has 3 aromatic carbocycles. The van der Waals surface area contributed by atoms with Crippen LogP contribution >= 0.6 is 11.6 Å². The van der Waals surface area contributed by atoms with Crippen LogP contribution in [0.1, 0.15) is 47.6 Å². The molecule has 2 atom stereocenters. The summed E-state index contributed by atoms with van der Waals surface area (Å²) in [6, 6.07) is 16.8. The first kappa shape index (κ1) is 40.9. The van der Waals surface area contributed by atoms with Crippen molar-refractivity contribution >= 4 is 27.4 Å². The molecular formula is C40H48ClN3O9S. The second kappa shape index (κ2) is 17.9. The van der Waals surface area contributed by atoms with Crippen molar-refractivity contribution in [2.75, 3.05) is 39.1 Å². The van der Waals surface area contributed by atoms with E-state index in [0.717, 1.165) is 72.3 Å². The molecule has 14 heteroatoms. The highest BCUT2D eigenvalue weighted by Crippen LogP contribution is 2.36. The minimum atomic E-state index is -3.50. The Balaban J connectivity index is 1.33. The van der Waals surface area contributed by atoms with E-state index in [-0.39, 0.29) is 35.8 Å². The van der Waals surface area contributed by atoms with Crippen LogP contribution in [0.4, 0.5) is 0 Å². The molecule has 5 rings (SSSR count). The first-order valence-corrected chi connectivity index (χ1v) is 20.0. The maximum atomic E-state index is 12.1. The van der Waals surface area contributed by atoms with Gasteiger partial charge in [0.2, 0.25) is 0 Å². The third-order valence-electron chi connectivity index (χ3n) is 9.69. The standard InChI is InChI=1S/C40H48ClN3O9S/c1-26-29(8-5-9-33(26)34-10-6-11-36(27(34)2)51-15-7-13-44-14-12-31(46)22-44)24-53-38-18-37(52-23-28-16-32(21-42-19-28)54(4,49)50)30(17-35(38)41)20-43-40(3,25-45)39(47)48/h5-6,8-11,16-19,21,31,43,45-46H,7,12-15,20,22-25H2,1-4H3,(H,47,48). The van der Waals surface area contributed by atoms with Gasteiger partial charge in [-0.05, 0) is 79.6 Å². The first-order valence-electron chi connectivity index (χ1n) is 17.7. The van der Waals surface area contributed by atoms with Crippen molar-refractivity contribution in [2.24, 2.45) is 0 Å². The molecule has 0 amide bonds. The van der Waals surface area contributed by atoms with Gasteiger partial charge >= 0.3 is 5.97 Å². The maximum absolute atomic E-state index is 12.1. The third-order valence-corrected chi connectivity index (χ3v) is 11.1. The number of pyridine rings is 1. The normalized spacial score (nSPS) is 15.9. The summed E-state index contributed by atoms with van der Waals surface area (Å²) >= 11 is 6.72. The van der Waals surface area contributed by atoms with Crippen LogP contribution in [-0.4, -0.2) is 90.3 Å². The lowest BCUT2D eigenvalue weighted by atomic mass is 9.93. The molecule has 2 heterocycles. The van der Waals surface area contributed by atoms with E-state index in [0.29, 0.717) is 29.2 Å². The Morgan fingerprint density at radius 2 is 1.70 bits per heavy atom. The predicted octanol–water partition coefficient (Wildman–Crippen LogP) is 5.34. The van der Waals surface area contributed by atoms with E-state index in [1.807, 2.05) is 31.2 Å². The van der Waals surface area contributed by atoms with Crippen molar-refractivity contribution in [3.63, 3.8) is 0 Å². The van der Waals surface area contributed by atoms with Gasteiger partial charge in [0.1, 0.15) is 36.0 Å². The fourth-order valence-electron chi connectivity index (χ4n) is 6.19. The number of aromatic nitrogens is 1. The number of ether oxygens (including phenoxy) is 3. The molecule has 1 saturated heterocycles. The van der Waals surface area contributed by atoms with Crippen LogP contribution in [-0.2, 0) is 34.4 Å². The lowest BCUT2D eigenvalue weighted by molar-refractivity contribution is -0.145. The molecule has 0 bridgehead atoms. The van der Waals surface area contributed by atoms with E-state index in [2.05, 4.69) is 34.3 Å². The second-order valence-corrected chi connectivity index (χ2v) is 16.3. The minimum absolute atomic E-state index is 0.0216. The molecule has 290 valence electrons. The molecule has 4 N–H and O–H groups in total. The highest BCUT2D eigenvalue weighted by molar-refractivity contribution is 7.90. The zero-order valence-corrected chi connectivity index (χ0v) is 32.5. The van der Waals surface area contributed by atoms with Crippen molar-refractivity contribution < 1.29 is 42.7 Å². The first-order chi connectivity index (χ1) is 25.7. The molecule has 12 nitrogen and oxygen atoms in total. The summed E-state index contributed by atoms with van der Waals surface area (Å²) in [6.45, 7) is 8.01. The summed E-state index contributed by atoms with van der Waals surface area (Å²) in [7, 11) is -3.50. The van der Waals surface area contributed by atoms with Crippen LogP contribution in [0.15, 0.2) is 71.9 Å². The zero-order valence-electron chi connectivity index (χ0n) is 31.0. The summed E-state index contributed by atoms with van der Waals surface area (Å²) in [6.07, 6.45) is 5.31. The number of carbonyl (C=O) groups is 1. The third kappa shape index (κ3) is 10.3. The number of β-amino-alcohol motifs (C(OH)–C–C–N with tert-alkyl or cyclic N) is 1. The predicted molar refractivity (Wildman–Crippen MR) is 206 cm³/mol. The Kier molecular flexibility index (Phi) is 13.6. The van der Waals surface area contributed by atoms with Gasteiger partial charge in [-0.2, -0.15) is 0 Å². The number of nitrogens with one attached hydrogen (secondary N) is 1. The van der Waals surface area contributed by atoms with Crippen LogP contribution < -0.4 is 19.5 Å². The molecule has 0 saturated carbocycles. The number of aliphatic hydroxyl groups excluding tert-OH is 2. The Labute approximate surface area is 321 Å². The topological polar surface area (TPSA) is 168 Å². The lowest BCUT2D eigenvalue weighted by Gasteiger charge is -2.25. The van der Waals surface area contributed by atoms with Gasteiger partial charge < -0.3 is 34.4 Å². The van der Waals surface area contributed by atoms with Gasteiger partial charge in [0, 0.05) is 62.0 Å². The number of carboxylic acids is 1. The van der Waals surface area contributed by atoms with Gasteiger partial charge in [0.15, 0.2) is 9.84 Å². The van der Waals surface area contributed by atoms with Gasteiger partial charge in [-0.15, -0.1) is 0 Å². The molecule has 1 fully saturated rings. The Morgan fingerprint density at radius 3 is 2.39 bits per heavy atom. The van der Waals surface area contributed by atoms with Crippen molar-refractivity contribution in [1.82, 2.24) is 15.2 Å². The van der Waals surface area contributed by atoms with E-state index in [4.69, 9.17) is 25.8 Å². The van der Waals surface area contributed by atoms with E-state index < -0.39 is 28.0 Å². The number of aliphatic carboxylic acids is 1. The number of aliphatic hydroxyl groups is 2. The van der Waals surface area contributed by atoms with Crippen LogP contribution in [0, 0.1) is 13.8 Å². The van der Waals surface area contributed by atoms with E-state index in [1.54, 1.807) is 12.1 Å². The van der Waals surface area contributed by atoms with Crippen molar-refractivity contribution in [3.05, 3.63) is 99.8 Å². The SMILES string of the molecule is Cc1c(COc2cc(OCc3cncc(S(C)(=O)=O)c3)c(CNC(C)(CO)C(=O)O)cc2Cl)cccc1-c1cccc(OCCCN2CCC(O)C2)c1C. The number of nitrogens with zero attached hydrogens (tertiary/aromatic N) is 2. The highest BCUT2D eigenvalue weighted by Gasteiger charge is 2.32. The molecular weight excluding hydrogens is 734 g/mol. The van der Waals surface area contributed by atoms with Crippen LogP contribution in [0.2, 0.25) is 5.02 Å². The van der Waals surface area contributed by atoms with Crippen LogP contribution in [0.3, 0.4) is 0 Å². The fraction of sp³-hybridized carbons (Fsp3) is 0.400. The van der Waals surface area contributed by atoms with Gasteiger partial charge in [-0.25, -0.2) is 8.42 Å². The van der Waals surface area contributed by atoms with E-state index >= 15 is 0 Å². The van der Waals surface area contributed by atoms with E-state index in [1.165, 1.54) is 25.4 Å².